The summed E-state index contributed by atoms with van der Waals surface area (Å²) in [4.78, 5) is 0. The van der Waals surface area contributed by atoms with Crippen LogP contribution in [0.15, 0.2) is 0 Å². The Bertz CT molecular complexity index is 51.4. The zero-order valence-electron chi connectivity index (χ0n) is 3.46. The first kappa shape index (κ1) is 7.11. The molecule has 7 heavy (non-hydrogen) atoms. The predicted molar refractivity (Wildman–Crippen MR) is 22.1 cm³/mol. The van der Waals surface area contributed by atoms with Crippen LogP contribution in [-0.2, 0) is 4.74 Å². The van der Waals surface area contributed by atoms with Gasteiger partial charge >= 0.3 is 5.57 Å². The van der Waals surface area contributed by atoms with Gasteiger partial charge in [0.15, 0.2) is 0 Å². The van der Waals surface area contributed by atoms with Crippen molar-refractivity contribution in [1.82, 2.24) is 0 Å². The topological polar surface area (TPSA) is 9.23 Å². The Balaban J connectivity index is 3.15. The molecular weight excluding hydrogens is 125 g/mol. The van der Waals surface area contributed by atoms with E-state index < -0.39 is 5.57 Å². The Kier molecular flexibility index (Phi) is 2.46. The van der Waals surface area contributed by atoms with Gasteiger partial charge < -0.3 is 4.74 Å². The number of ether oxygens (including phenoxy) is 1. The highest BCUT2D eigenvalue weighted by Crippen LogP contribution is 2.18. The summed E-state index contributed by atoms with van der Waals surface area (Å²) in [7, 11) is 0. The third-order valence-electron chi connectivity index (χ3n) is 0.266. The molecule has 0 aliphatic rings. The molecule has 0 aromatic rings. The van der Waals surface area contributed by atoms with E-state index in [1.807, 2.05) is 0 Å². The predicted octanol–water partition coefficient (Wildman–Crippen LogP) is 1.63. The summed E-state index contributed by atoms with van der Waals surface area (Å²) in [6, 6.07) is 0. The van der Waals surface area contributed by atoms with Crippen LogP contribution in [0.3, 0.4) is 0 Å². The summed E-state index contributed by atoms with van der Waals surface area (Å²) in [5.41, 5.74) is -3.54. The zero-order chi connectivity index (χ0) is 5.91. The lowest BCUT2D eigenvalue weighted by Crippen LogP contribution is -2.10. The second kappa shape index (κ2) is 2.43. The minimum Gasteiger partial charge on any atom is -0.307 e. The van der Waals surface area contributed by atoms with Crippen LogP contribution < -0.4 is 0 Å². The average Bonchev–Trinajstić information content (AvgIpc) is 1.30. The lowest BCUT2D eigenvalue weighted by Gasteiger charge is -2.03. The van der Waals surface area contributed by atoms with E-state index >= 15 is 0 Å². The number of rotatable bonds is 2. The average molecular weight is 130 g/mol. The highest BCUT2D eigenvalue weighted by atomic mass is 35.5. The molecule has 0 rings (SSSR count). The van der Waals surface area contributed by atoms with Crippen LogP contribution in [0.1, 0.15) is 0 Å². The molecule has 0 N–H and O–H groups in total. The van der Waals surface area contributed by atoms with E-state index in [0.717, 1.165) is 0 Å². The van der Waals surface area contributed by atoms with Gasteiger partial charge in [0.2, 0.25) is 0 Å². The maximum atomic E-state index is 11.2. The molecule has 0 spiro atoms. The smallest absolute Gasteiger partial charge is 0.307 e. The van der Waals surface area contributed by atoms with Crippen molar-refractivity contribution in [3.05, 3.63) is 6.92 Å². The Morgan fingerprint density at radius 2 is 2.14 bits per heavy atom. The van der Waals surface area contributed by atoms with Crippen LogP contribution in [0.5, 0.6) is 0 Å². The van der Waals surface area contributed by atoms with Gasteiger partial charge in [-0.15, -0.1) is 0 Å². The van der Waals surface area contributed by atoms with Gasteiger partial charge in [-0.1, -0.05) is 0 Å². The molecule has 0 fully saturated rings. The van der Waals surface area contributed by atoms with Gasteiger partial charge in [0, 0.05) is 0 Å². The fourth-order valence-electron chi connectivity index (χ4n) is 0.116. The van der Waals surface area contributed by atoms with Crippen molar-refractivity contribution in [3.8, 4) is 0 Å². The van der Waals surface area contributed by atoms with Crippen LogP contribution in [0.2, 0.25) is 0 Å². The Hall–Kier alpha value is 0.110. The van der Waals surface area contributed by atoms with Gasteiger partial charge in [-0.05, 0) is 18.5 Å². The second-order valence-corrected chi connectivity index (χ2v) is 1.23. The van der Waals surface area contributed by atoms with Crippen molar-refractivity contribution in [2.45, 2.75) is 5.57 Å². The van der Waals surface area contributed by atoms with Gasteiger partial charge in [0.25, 0.3) is 0 Å². The van der Waals surface area contributed by atoms with E-state index in [9.17, 15) is 8.78 Å². The first-order chi connectivity index (χ1) is 3.06. The van der Waals surface area contributed by atoms with Crippen molar-refractivity contribution in [3.63, 3.8) is 0 Å². The quantitative estimate of drug-likeness (QED) is 0.515. The molecule has 0 aliphatic heterocycles. The number of alkyl halides is 3. The van der Waals surface area contributed by atoms with Crippen molar-refractivity contribution < 1.29 is 13.5 Å². The first-order valence-corrected chi connectivity index (χ1v) is 1.94. The minimum atomic E-state index is -3.54. The summed E-state index contributed by atoms with van der Waals surface area (Å²) in [5, 5.41) is 0. The van der Waals surface area contributed by atoms with Crippen molar-refractivity contribution in [2.24, 2.45) is 0 Å². The van der Waals surface area contributed by atoms with E-state index in [0.29, 0.717) is 0 Å². The minimum absolute atomic E-state index is 0.323. The van der Waals surface area contributed by atoms with Crippen LogP contribution in [0.4, 0.5) is 8.78 Å². The van der Waals surface area contributed by atoms with Gasteiger partial charge in [-0.25, -0.2) is 0 Å². The molecule has 0 saturated carbocycles. The van der Waals surface area contributed by atoms with Gasteiger partial charge in [-0.2, -0.15) is 8.78 Å². The monoisotopic (exact) mass is 129 g/mol. The summed E-state index contributed by atoms with van der Waals surface area (Å²) >= 11 is 4.24. The number of halogens is 3. The molecule has 0 heterocycles. The third kappa shape index (κ3) is 6.11. The van der Waals surface area contributed by atoms with E-state index in [1.54, 1.807) is 0 Å². The molecule has 0 aromatic heterocycles. The highest BCUT2D eigenvalue weighted by molar-refractivity contribution is 6.20. The van der Waals surface area contributed by atoms with Crippen LogP contribution in [0, 0.1) is 6.92 Å². The maximum Gasteiger partial charge on any atom is 0.440 e. The molecule has 0 aromatic carbocycles. The van der Waals surface area contributed by atoms with E-state index in [2.05, 4.69) is 23.3 Å². The fourth-order valence-corrected chi connectivity index (χ4v) is 0.193. The summed E-state index contributed by atoms with van der Waals surface area (Å²) in [5.74, 6) is 0. The van der Waals surface area contributed by atoms with E-state index in [-0.39, 0.29) is 6.61 Å². The van der Waals surface area contributed by atoms with Crippen LogP contribution >= 0.6 is 11.6 Å². The highest BCUT2D eigenvalue weighted by Gasteiger charge is 2.23. The summed E-state index contributed by atoms with van der Waals surface area (Å²) in [6.07, 6.45) is 0. The zero-order valence-corrected chi connectivity index (χ0v) is 4.21. The second-order valence-electron chi connectivity index (χ2n) is 0.794. The van der Waals surface area contributed by atoms with Gasteiger partial charge in [0.05, 0.1) is 6.61 Å². The Morgan fingerprint density at radius 3 is 2.14 bits per heavy atom. The Labute approximate surface area is 45.2 Å². The largest absolute Gasteiger partial charge is 0.440 e. The molecule has 4 heteroatoms. The lowest BCUT2D eigenvalue weighted by molar-refractivity contribution is -0.161. The fraction of sp³-hybridized carbons (Fsp3) is 0.667. The number of hydrogen-bond donors (Lipinski definition) is 0. The molecule has 0 aliphatic carbocycles. The SMILES string of the molecule is [CH2]COC(F)(F)Cl. The summed E-state index contributed by atoms with van der Waals surface area (Å²) < 4.78 is 26.0. The molecule has 0 amide bonds. The molecular formula is C3H4ClF2O. The molecule has 0 bridgehead atoms. The normalized spacial score (nSPS) is 12.0. The lowest BCUT2D eigenvalue weighted by atomic mass is 10.9. The van der Waals surface area contributed by atoms with E-state index in [4.69, 9.17) is 0 Å². The molecule has 0 saturated heterocycles. The molecule has 43 valence electrons. The van der Waals surface area contributed by atoms with E-state index in [1.165, 1.54) is 0 Å². The summed E-state index contributed by atoms with van der Waals surface area (Å²) in [6.45, 7) is 2.66. The standard InChI is InChI=1S/C3H4ClF2O/c1-2-7-3(4,5)6/h1-2H2. The molecule has 0 unspecified atom stereocenters. The van der Waals surface area contributed by atoms with Crippen molar-refractivity contribution in [2.75, 3.05) is 6.61 Å². The van der Waals surface area contributed by atoms with Crippen molar-refractivity contribution in [1.29, 1.82) is 0 Å². The van der Waals surface area contributed by atoms with Crippen LogP contribution in [0.25, 0.3) is 0 Å². The maximum absolute atomic E-state index is 11.2. The van der Waals surface area contributed by atoms with Crippen molar-refractivity contribution >= 4 is 11.6 Å². The molecule has 0 atom stereocenters. The molecule has 1 radical (unpaired) electrons. The van der Waals surface area contributed by atoms with Gasteiger partial charge in [0.1, 0.15) is 0 Å². The third-order valence-corrected chi connectivity index (χ3v) is 0.375. The van der Waals surface area contributed by atoms with Crippen LogP contribution in [-0.4, -0.2) is 12.2 Å². The molecule has 1 nitrogen and oxygen atoms in total. The first-order valence-electron chi connectivity index (χ1n) is 1.56. The van der Waals surface area contributed by atoms with Gasteiger partial charge in [-0.3, -0.25) is 0 Å². The number of hydrogen-bond acceptors (Lipinski definition) is 1. The Morgan fingerprint density at radius 1 is 1.71 bits per heavy atom.